The number of nitrogens with zero attached hydrogens (tertiary/aromatic N) is 1. The lowest BCUT2D eigenvalue weighted by molar-refractivity contribution is -0.130. The molecule has 19 heavy (non-hydrogen) atoms. The minimum Gasteiger partial charge on any atom is -0.327 e. The fraction of sp³-hybridized carbons (Fsp3) is 0.429. The van der Waals surface area contributed by atoms with E-state index in [0.29, 0.717) is 0 Å². The highest BCUT2D eigenvalue weighted by molar-refractivity contribution is 6.07. The highest BCUT2D eigenvalue weighted by Crippen LogP contribution is 2.31. The molecule has 5 heteroatoms. The van der Waals surface area contributed by atoms with Gasteiger partial charge in [0.2, 0.25) is 0 Å². The van der Waals surface area contributed by atoms with Crippen LogP contribution in [-0.2, 0) is 10.3 Å². The van der Waals surface area contributed by atoms with Gasteiger partial charge in [-0.25, -0.2) is 4.79 Å². The van der Waals surface area contributed by atoms with Crippen LogP contribution in [0.2, 0.25) is 0 Å². The van der Waals surface area contributed by atoms with Crippen LogP contribution in [0.3, 0.4) is 0 Å². The lowest BCUT2D eigenvalue weighted by Crippen LogP contribution is -2.50. The van der Waals surface area contributed by atoms with Gasteiger partial charge in [-0.3, -0.25) is 9.69 Å². The zero-order valence-corrected chi connectivity index (χ0v) is 11.7. The first-order chi connectivity index (χ1) is 8.83. The summed E-state index contributed by atoms with van der Waals surface area (Å²) < 4.78 is 0. The molecule has 1 aliphatic heterocycles. The maximum atomic E-state index is 12.4. The van der Waals surface area contributed by atoms with Crippen LogP contribution in [0.25, 0.3) is 0 Å². The molecular formula is C14H19N3O2. The first-order valence-corrected chi connectivity index (χ1v) is 6.22. The van der Waals surface area contributed by atoms with Crippen LogP contribution in [0.5, 0.6) is 0 Å². The van der Waals surface area contributed by atoms with E-state index >= 15 is 0 Å². The van der Waals surface area contributed by atoms with Gasteiger partial charge in [0.15, 0.2) is 5.54 Å². The zero-order valence-electron chi connectivity index (χ0n) is 11.7. The standard InChI is InChI=1S/C14H19N3O2/c1-8-5-10(3)11(6-9(8)2)14(7-15)12(18)17(4)13(19)16-14/h5-6H,7,15H2,1-4H3,(H,16,19). The maximum absolute atomic E-state index is 12.4. The highest BCUT2D eigenvalue weighted by atomic mass is 16.2. The van der Waals surface area contributed by atoms with Gasteiger partial charge in [-0.05, 0) is 43.0 Å². The molecule has 102 valence electrons. The molecule has 1 atom stereocenters. The van der Waals surface area contributed by atoms with Gasteiger partial charge >= 0.3 is 6.03 Å². The first-order valence-electron chi connectivity index (χ1n) is 6.22. The van der Waals surface area contributed by atoms with Crippen LogP contribution in [-0.4, -0.2) is 30.4 Å². The molecule has 0 aliphatic carbocycles. The Kier molecular flexibility index (Phi) is 3.10. The van der Waals surface area contributed by atoms with E-state index in [2.05, 4.69) is 5.32 Å². The Morgan fingerprint density at radius 3 is 2.21 bits per heavy atom. The number of carbonyl (C=O) groups excluding carboxylic acids is 2. The summed E-state index contributed by atoms with van der Waals surface area (Å²) >= 11 is 0. The van der Waals surface area contributed by atoms with E-state index in [1.807, 2.05) is 32.9 Å². The molecule has 5 nitrogen and oxygen atoms in total. The molecule has 0 aromatic heterocycles. The zero-order chi connectivity index (χ0) is 14.4. The van der Waals surface area contributed by atoms with Gasteiger partial charge in [0.05, 0.1) is 0 Å². The second-order valence-corrected chi connectivity index (χ2v) is 5.16. The molecule has 1 saturated heterocycles. The van der Waals surface area contributed by atoms with Gasteiger partial charge in [-0.15, -0.1) is 0 Å². The summed E-state index contributed by atoms with van der Waals surface area (Å²) in [7, 11) is 1.46. The second kappa shape index (κ2) is 4.35. The molecule has 1 aliphatic rings. The molecule has 0 bridgehead atoms. The van der Waals surface area contributed by atoms with E-state index in [0.717, 1.165) is 27.2 Å². The SMILES string of the molecule is Cc1cc(C)c(C2(CN)NC(=O)N(C)C2=O)cc1C. The Labute approximate surface area is 112 Å². The fourth-order valence-electron chi connectivity index (χ4n) is 2.55. The molecule has 1 unspecified atom stereocenters. The number of nitrogens with one attached hydrogen (secondary N) is 1. The van der Waals surface area contributed by atoms with Crippen LogP contribution < -0.4 is 11.1 Å². The smallest absolute Gasteiger partial charge is 0.325 e. The van der Waals surface area contributed by atoms with E-state index in [1.54, 1.807) is 0 Å². The van der Waals surface area contributed by atoms with E-state index < -0.39 is 11.6 Å². The van der Waals surface area contributed by atoms with Crippen molar-refractivity contribution in [2.75, 3.05) is 13.6 Å². The molecule has 1 fully saturated rings. The van der Waals surface area contributed by atoms with Crippen LogP contribution in [0.15, 0.2) is 12.1 Å². The molecule has 3 N–H and O–H groups in total. The molecule has 1 aromatic rings. The van der Waals surface area contributed by atoms with Crippen molar-refractivity contribution in [3.63, 3.8) is 0 Å². The summed E-state index contributed by atoms with van der Waals surface area (Å²) in [4.78, 5) is 25.2. The number of benzene rings is 1. The Bertz CT molecular complexity index is 568. The summed E-state index contributed by atoms with van der Waals surface area (Å²) in [6.07, 6.45) is 0. The molecule has 3 amide bonds. The van der Waals surface area contributed by atoms with Crippen LogP contribution >= 0.6 is 0 Å². The number of hydrogen-bond donors (Lipinski definition) is 2. The number of carbonyl (C=O) groups is 2. The van der Waals surface area contributed by atoms with Gasteiger partial charge in [-0.2, -0.15) is 0 Å². The quantitative estimate of drug-likeness (QED) is 0.778. The molecule has 0 saturated carbocycles. The summed E-state index contributed by atoms with van der Waals surface area (Å²) in [6, 6.07) is 3.54. The lowest BCUT2D eigenvalue weighted by Gasteiger charge is -2.27. The van der Waals surface area contributed by atoms with Crippen LogP contribution in [0.4, 0.5) is 4.79 Å². The number of urea groups is 1. The van der Waals surface area contributed by atoms with Gasteiger partial charge in [-0.1, -0.05) is 12.1 Å². The number of imide groups is 1. The van der Waals surface area contributed by atoms with Crippen molar-refractivity contribution in [3.8, 4) is 0 Å². The molecule has 2 rings (SSSR count). The number of hydrogen-bond acceptors (Lipinski definition) is 3. The highest BCUT2D eigenvalue weighted by Gasteiger charge is 2.50. The third-order valence-corrected chi connectivity index (χ3v) is 3.90. The van der Waals surface area contributed by atoms with Gasteiger partial charge < -0.3 is 11.1 Å². The van der Waals surface area contributed by atoms with Crippen molar-refractivity contribution < 1.29 is 9.59 Å². The average Bonchev–Trinajstić information content (AvgIpc) is 2.59. The largest absolute Gasteiger partial charge is 0.327 e. The summed E-state index contributed by atoms with van der Waals surface area (Å²) in [5, 5.41) is 2.73. The maximum Gasteiger partial charge on any atom is 0.325 e. The van der Waals surface area contributed by atoms with Crippen molar-refractivity contribution in [2.45, 2.75) is 26.3 Å². The minimum atomic E-state index is -1.13. The van der Waals surface area contributed by atoms with Crippen molar-refractivity contribution in [2.24, 2.45) is 5.73 Å². The third-order valence-electron chi connectivity index (χ3n) is 3.90. The minimum absolute atomic E-state index is 0.0469. The number of nitrogens with two attached hydrogens (primary N) is 1. The molecule has 0 spiro atoms. The molecular weight excluding hydrogens is 242 g/mol. The topological polar surface area (TPSA) is 75.4 Å². The number of rotatable bonds is 2. The molecule has 1 heterocycles. The Balaban J connectivity index is 2.64. The van der Waals surface area contributed by atoms with E-state index in [1.165, 1.54) is 7.05 Å². The van der Waals surface area contributed by atoms with Crippen molar-refractivity contribution in [3.05, 3.63) is 34.4 Å². The first kappa shape index (κ1) is 13.5. The van der Waals surface area contributed by atoms with E-state index in [4.69, 9.17) is 5.73 Å². The second-order valence-electron chi connectivity index (χ2n) is 5.16. The van der Waals surface area contributed by atoms with Crippen LogP contribution in [0, 0.1) is 20.8 Å². The average molecular weight is 261 g/mol. The third kappa shape index (κ3) is 1.81. The van der Waals surface area contributed by atoms with Crippen molar-refractivity contribution in [1.29, 1.82) is 0 Å². The Morgan fingerprint density at radius 2 is 1.74 bits per heavy atom. The number of aryl methyl sites for hydroxylation is 3. The van der Waals surface area contributed by atoms with Gasteiger partial charge in [0, 0.05) is 13.6 Å². The lowest BCUT2D eigenvalue weighted by atomic mass is 9.84. The van der Waals surface area contributed by atoms with Crippen LogP contribution in [0.1, 0.15) is 22.3 Å². The fourth-order valence-corrected chi connectivity index (χ4v) is 2.55. The van der Waals surface area contributed by atoms with Gasteiger partial charge in [0.1, 0.15) is 0 Å². The van der Waals surface area contributed by atoms with E-state index in [-0.39, 0.29) is 12.5 Å². The van der Waals surface area contributed by atoms with E-state index in [9.17, 15) is 9.59 Å². The Hall–Kier alpha value is -1.88. The summed E-state index contributed by atoms with van der Waals surface area (Å²) in [5.41, 5.74) is 8.64. The van der Waals surface area contributed by atoms with Crippen molar-refractivity contribution in [1.82, 2.24) is 10.2 Å². The van der Waals surface area contributed by atoms with Crippen molar-refractivity contribution >= 4 is 11.9 Å². The molecule has 1 aromatic carbocycles. The van der Waals surface area contributed by atoms with Gasteiger partial charge in [0.25, 0.3) is 5.91 Å². The molecule has 0 radical (unpaired) electrons. The summed E-state index contributed by atoms with van der Waals surface area (Å²) in [6.45, 7) is 5.97. The summed E-state index contributed by atoms with van der Waals surface area (Å²) in [5.74, 6) is -0.300. The Morgan fingerprint density at radius 1 is 1.16 bits per heavy atom. The number of amides is 3. The normalized spacial score (nSPS) is 22.9. The predicted octanol–water partition coefficient (Wildman–Crippen LogP) is 0.947. The predicted molar refractivity (Wildman–Crippen MR) is 72.7 cm³/mol. The monoisotopic (exact) mass is 261 g/mol. The number of likely N-dealkylation sites (N-methyl/N-ethyl adjacent to an activating group) is 1.